The van der Waals surface area contributed by atoms with Gasteiger partial charge in [0, 0.05) is 17.9 Å². The summed E-state index contributed by atoms with van der Waals surface area (Å²) in [7, 11) is 0. The third-order valence-electron chi connectivity index (χ3n) is 8.70. The van der Waals surface area contributed by atoms with Crippen molar-refractivity contribution in [2.75, 3.05) is 0 Å². The summed E-state index contributed by atoms with van der Waals surface area (Å²) < 4.78 is 0. The standard InChI is InChI=1S/C34H48O3/c1-8-11-27(29(10-3)32(36)14-22(6)35)17-26-18-31-30(21(4)5)20-28(23(7)34(31)33(37)19-26)16-25-13-12-24(9-2)15-25/h12-13,15,20-21,25-27,29H,8-11,14,16-19H2,1-7H3. The molecule has 2 aliphatic carbocycles. The van der Waals surface area contributed by atoms with Crippen LogP contribution < -0.4 is 0 Å². The van der Waals surface area contributed by atoms with Gasteiger partial charge in [-0.1, -0.05) is 77.3 Å². The molecule has 3 heteroatoms. The van der Waals surface area contributed by atoms with Crippen LogP contribution in [0.25, 0.3) is 0 Å². The van der Waals surface area contributed by atoms with Crippen LogP contribution in [0.2, 0.25) is 0 Å². The second kappa shape index (κ2) is 13.0. The maximum absolute atomic E-state index is 13.7. The molecule has 0 saturated carbocycles. The van der Waals surface area contributed by atoms with Crippen molar-refractivity contribution >= 4 is 17.3 Å². The van der Waals surface area contributed by atoms with E-state index < -0.39 is 0 Å². The minimum Gasteiger partial charge on any atom is -0.300 e. The van der Waals surface area contributed by atoms with Gasteiger partial charge in [-0.3, -0.25) is 14.4 Å². The van der Waals surface area contributed by atoms with E-state index in [1.165, 1.54) is 34.8 Å². The molecule has 1 aromatic rings. The quantitative estimate of drug-likeness (QED) is 0.254. The summed E-state index contributed by atoms with van der Waals surface area (Å²) in [5.74, 6) is 1.47. The van der Waals surface area contributed by atoms with Gasteiger partial charge in [0.2, 0.25) is 0 Å². The summed E-state index contributed by atoms with van der Waals surface area (Å²) >= 11 is 0. The Morgan fingerprint density at radius 3 is 2.41 bits per heavy atom. The lowest BCUT2D eigenvalue weighted by Gasteiger charge is -2.33. The summed E-state index contributed by atoms with van der Waals surface area (Å²) in [4.78, 5) is 38.3. The highest BCUT2D eigenvalue weighted by atomic mass is 16.1. The summed E-state index contributed by atoms with van der Waals surface area (Å²) in [5.41, 5.74) is 7.43. The molecule has 0 bridgehead atoms. The van der Waals surface area contributed by atoms with Crippen molar-refractivity contribution in [3.63, 3.8) is 0 Å². The molecule has 4 unspecified atom stereocenters. The normalized spacial score (nSPS) is 20.6. The molecule has 0 fully saturated rings. The van der Waals surface area contributed by atoms with Gasteiger partial charge in [-0.25, -0.2) is 0 Å². The van der Waals surface area contributed by atoms with Crippen LogP contribution in [0.4, 0.5) is 0 Å². The Morgan fingerprint density at radius 2 is 1.84 bits per heavy atom. The third kappa shape index (κ3) is 6.98. The van der Waals surface area contributed by atoms with Crippen LogP contribution in [0.3, 0.4) is 0 Å². The number of rotatable bonds is 13. The minimum absolute atomic E-state index is 0.0374. The number of benzene rings is 1. The highest BCUT2D eigenvalue weighted by Gasteiger charge is 2.34. The van der Waals surface area contributed by atoms with E-state index in [9.17, 15) is 14.4 Å². The van der Waals surface area contributed by atoms with Crippen LogP contribution in [0.15, 0.2) is 29.9 Å². The van der Waals surface area contributed by atoms with Gasteiger partial charge in [0.1, 0.15) is 11.6 Å². The van der Waals surface area contributed by atoms with E-state index in [-0.39, 0.29) is 41.5 Å². The average Bonchev–Trinajstić information content (AvgIpc) is 3.28. The molecular formula is C34H48O3. The molecule has 3 rings (SSSR count). The predicted molar refractivity (Wildman–Crippen MR) is 153 cm³/mol. The van der Waals surface area contributed by atoms with E-state index >= 15 is 0 Å². The van der Waals surface area contributed by atoms with Crippen molar-refractivity contribution in [2.45, 2.75) is 112 Å². The van der Waals surface area contributed by atoms with E-state index in [4.69, 9.17) is 0 Å². The molecule has 37 heavy (non-hydrogen) atoms. The molecule has 0 amide bonds. The Hall–Kier alpha value is -2.29. The molecule has 202 valence electrons. The van der Waals surface area contributed by atoms with Crippen LogP contribution in [0.1, 0.15) is 125 Å². The topological polar surface area (TPSA) is 51.2 Å². The number of carbonyl (C=O) groups excluding carboxylic acids is 3. The first-order valence-corrected chi connectivity index (χ1v) is 14.7. The number of Topliss-reactive ketones (excluding diaryl/α,β-unsaturated/α-hetero) is 3. The molecule has 0 spiro atoms. The molecule has 4 atom stereocenters. The van der Waals surface area contributed by atoms with E-state index in [2.05, 4.69) is 65.8 Å². The van der Waals surface area contributed by atoms with Crippen LogP contribution >= 0.6 is 0 Å². The third-order valence-corrected chi connectivity index (χ3v) is 8.70. The molecule has 1 aromatic carbocycles. The van der Waals surface area contributed by atoms with E-state index in [1.54, 1.807) is 0 Å². The van der Waals surface area contributed by atoms with Crippen LogP contribution in [0.5, 0.6) is 0 Å². The van der Waals surface area contributed by atoms with Crippen molar-refractivity contribution in [2.24, 2.45) is 23.7 Å². The smallest absolute Gasteiger partial charge is 0.163 e. The number of carbonyl (C=O) groups is 3. The molecule has 3 nitrogen and oxygen atoms in total. The molecule has 0 saturated heterocycles. The van der Waals surface area contributed by atoms with Gasteiger partial charge in [-0.15, -0.1) is 0 Å². The second-order valence-corrected chi connectivity index (χ2v) is 11.9. The van der Waals surface area contributed by atoms with Crippen molar-refractivity contribution in [1.82, 2.24) is 0 Å². The summed E-state index contributed by atoms with van der Waals surface area (Å²) in [6.45, 7) is 14.5. The molecule has 0 N–H and O–H groups in total. The first-order chi connectivity index (χ1) is 17.6. The number of fused-ring (bicyclic) bond motifs is 1. The maximum Gasteiger partial charge on any atom is 0.163 e. The van der Waals surface area contributed by atoms with Gasteiger partial charge in [-0.05, 0) is 91.9 Å². The summed E-state index contributed by atoms with van der Waals surface area (Å²) in [6.07, 6.45) is 14.1. The van der Waals surface area contributed by atoms with E-state index in [0.29, 0.717) is 18.3 Å². The number of ketones is 3. The number of hydrogen-bond acceptors (Lipinski definition) is 3. The maximum atomic E-state index is 13.7. The van der Waals surface area contributed by atoms with Gasteiger partial charge in [0.15, 0.2) is 5.78 Å². The summed E-state index contributed by atoms with van der Waals surface area (Å²) in [6, 6.07) is 2.38. The molecule has 0 radical (unpaired) electrons. The van der Waals surface area contributed by atoms with Crippen molar-refractivity contribution in [3.8, 4) is 0 Å². The van der Waals surface area contributed by atoms with Gasteiger partial charge in [-0.2, -0.15) is 0 Å². The number of allylic oxidation sites excluding steroid dienone is 4. The van der Waals surface area contributed by atoms with Gasteiger partial charge in [0.05, 0.1) is 6.42 Å². The zero-order valence-electron chi connectivity index (χ0n) is 24.3. The molecular weight excluding hydrogens is 456 g/mol. The van der Waals surface area contributed by atoms with Gasteiger partial charge in [0.25, 0.3) is 0 Å². The fraction of sp³-hybridized carbons (Fsp3) is 0.618. The van der Waals surface area contributed by atoms with E-state index in [0.717, 1.165) is 50.5 Å². The fourth-order valence-electron chi connectivity index (χ4n) is 6.86. The highest BCUT2D eigenvalue weighted by molar-refractivity contribution is 6.01. The van der Waals surface area contributed by atoms with Crippen molar-refractivity contribution in [1.29, 1.82) is 0 Å². The average molecular weight is 505 g/mol. The first-order valence-electron chi connectivity index (χ1n) is 14.7. The Kier molecular flexibility index (Phi) is 10.3. The molecule has 0 heterocycles. The lowest BCUT2D eigenvalue weighted by Crippen LogP contribution is -2.30. The highest BCUT2D eigenvalue weighted by Crippen LogP contribution is 2.40. The molecule has 2 aliphatic rings. The van der Waals surface area contributed by atoms with Crippen LogP contribution in [0, 0.1) is 30.6 Å². The van der Waals surface area contributed by atoms with Gasteiger partial charge >= 0.3 is 0 Å². The zero-order chi connectivity index (χ0) is 27.3. The fourth-order valence-corrected chi connectivity index (χ4v) is 6.86. The van der Waals surface area contributed by atoms with Crippen molar-refractivity contribution < 1.29 is 14.4 Å². The molecule has 0 aromatic heterocycles. The summed E-state index contributed by atoms with van der Waals surface area (Å²) in [5, 5.41) is 0. The Bertz CT molecular complexity index is 1070. The van der Waals surface area contributed by atoms with Crippen molar-refractivity contribution in [3.05, 3.63) is 57.7 Å². The Labute approximate surface area is 225 Å². The Morgan fingerprint density at radius 1 is 1.11 bits per heavy atom. The lowest BCUT2D eigenvalue weighted by atomic mass is 9.70. The van der Waals surface area contributed by atoms with Gasteiger partial charge < -0.3 is 0 Å². The monoisotopic (exact) mass is 504 g/mol. The Balaban J connectivity index is 1.89. The number of hydrogen-bond donors (Lipinski definition) is 0. The first kappa shape index (κ1) is 29.3. The van der Waals surface area contributed by atoms with Crippen LogP contribution in [-0.2, 0) is 22.4 Å². The van der Waals surface area contributed by atoms with E-state index in [1.807, 2.05) is 0 Å². The molecule has 0 aliphatic heterocycles. The minimum atomic E-state index is -0.0884. The lowest BCUT2D eigenvalue weighted by molar-refractivity contribution is -0.129. The second-order valence-electron chi connectivity index (χ2n) is 11.9. The zero-order valence-corrected chi connectivity index (χ0v) is 24.3. The predicted octanol–water partition coefficient (Wildman–Crippen LogP) is 8.31. The van der Waals surface area contributed by atoms with Crippen LogP contribution in [-0.4, -0.2) is 17.3 Å². The largest absolute Gasteiger partial charge is 0.300 e. The SMILES string of the molecule is CCCC(CC1CC(=O)c2c(C)c(CC3C=CC(CC)=C3)cc(C(C)C)c2C1)C(CC)C(=O)CC(C)=O.